The van der Waals surface area contributed by atoms with Crippen molar-refractivity contribution in [3.05, 3.63) is 41.5 Å². The first kappa shape index (κ1) is 16.7. The minimum absolute atomic E-state index is 0.0390. The zero-order valence-electron chi connectivity index (χ0n) is 13.9. The molecule has 4 rings (SSSR count). The summed E-state index contributed by atoms with van der Waals surface area (Å²) in [6, 6.07) is 7.50. The molecule has 1 aliphatic heterocycles. The number of carbonyl (C=O) groups excluding carboxylic acids is 1. The second-order valence-corrected chi connectivity index (χ2v) is 6.97. The molecule has 0 aliphatic carbocycles. The van der Waals surface area contributed by atoms with Crippen LogP contribution < -0.4 is 15.4 Å². The summed E-state index contributed by atoms with van der Waals surface area (Å²) in [5, 5.41) is 19.1. The number of aliphatic hydroxyl groups excluding tert-OH is 1. The molecule has 0 saturated carbocycles. The molecule has 1 aromatic carbocycles. The van der Waals surface area contributed by atoms with Crippen LogP contribution in [0.1, 0.15) is 12.0 Å². The molecule has 1 unspecified atom stereocenters. The monoisotopic (exact) mass is 370 g/mol. The summed E-state index contributed by atoms with van der Waals surface area (Å²) in [6.07, 6.45) is 2.01. The molecule has 0 bridgehead atoms. The number of fused-ring (bicyclic) bond motifs is 2. The van der Waals surface area contributed by atoms with E-state index >= 15 is 0 Å². The number of hydrogen-bond donors (Lipinski definition) is 3. The number of nitrogens with zero attached hydrogens (tertiary/aromatic N) is 2. The molecule has 0 radical (unpaired) electrons. The molecule has 7 nitrogen and oxygen atoms in total. The Morgan fingerprint density at radius 1 is 1.31 bits per heavy atom. The molecule has 0 saturated heterocycles. The predicted molar refractivity (Wildman–Crippen MR) is 101 cm³/mol. The van der Waals surface area contributed by atoms with Gasteiger partial charge in [0.2, 0.25) is 5.91 Å². The van der Waals surface area contributed by atoms with Crippen molar-refractivity contribution in [3.8, 4) is 5.75 Å². The van der Waals surface area contributed by atoms with Gasteiger partial charge in [0, 0.05) is 18.7 Å². The van der Waals surface area contributed by atoms with Crippen LogP contribution in [0.5, 0.6) is 5.75 Å². The highest BCUT2D eigenvalue weighted by Crippen LogP contribution is 2.27. The number of benzene rings is 1. The van der Waals surface area contributed by atoms with Crippen LogP contribution in [0, 0.1) is 0 Å². The standard InChI is InChI=1S/C18H18N4O3S/c23-12(8-19-17-14-5-6-26-18(14)21-10-20-17)9-25-13-2-3-15-11(7-13)1-4-16(24)22-15/h2-3,5-7,10,12,23H,1,4,8-9H2,(H,22,24)(H,19,20,21). The number of hydrogen-bond acceptors (Lipinski definition) is 7. The quantitative estimate of drug-likeness (QED) is 0.617. The fourth-order valence-corrected chi connectivity index (χ4v) is 3.58. The van der Waals surface area contributed by atoms with Crippen molar-refractivity contribution in [3.63, 3.8) is 0 Å². The normalized spacial score (nSPS) is 14.6. The van der Waals surface area contributed by atoms with Crippen LogP contribution in [0.4, 0.5) is 11.5 Å². The molecule has 26 heavy (non-hydrogen) atoms. The topological polar surface area (TPSA) is 96.4 Å². The molecule has 2 aromatic heterocycles. The number of ether oxygens (including phenoxy) is 1. The summed E-state index contributed by atoms with van der Waals surface area (Å²) >= 11 is 1.55. The van der Waals surface area contributed by atoms with Gasteiger partial charge in [0.1, 0.15) is 35.4 Å². The molecular weight excluding hydrogens is 352 g/mol. The Balaban J connectivity index is 1.32. The second-order valence-electron chi connectivity index (χ2n) is 6.07. The summed E-state index contributed by atoms with van der Waals surface area (Å²) in [4.78, 5) is 20.7. The first-order chi connectivity index (χ1) is 12.7. The number of aliphatic hydroxyl groups is 1. The summed E-state index contributed by atoms with van der Waals surface area (Å²) < 4.78 is 5.69. The largest absolute Gasteiger partial charge is 0.491 e. The summed E-state index contributed by atoms with van der Waals surface area (Å²) in [7, 11) is 0. The van der Waals surface area contributed by atoms with E-state index in [2.05, 4.69) is 20.6 Å². The van der Waals surface area contributed by atoms with E-state index in [0.717, 1.165) is 21.5 Å². The molecule has 0 spiro atoms. The molecule has 1 aliphatic rings. The van der Waals surface area contributed by atoms with Crippen molar-refractivity contribution in [1.29, 1.82) is 0 Å². The number of aryl methyl sites for hydroxylation is 1. The summed E-state index contributed by atoms with van der Waals surface area (Å²) in [6.45, 7) is 0.485. The predicted octanol–water partition coefficient (Wildman–Crippen LogP) is 2.43. The fraction of sp³-hybridized carbons (Fsp3) is 0.278. The highest BCUT2D eigenvalue weighted by atomic mass is 32.1. The third-order valence-corrected chi connectivity index (χ3v) is 5.00. The van der Waals surface area contributed by atoms with Gasteiger partial charge in [0.05, 0.1) is 5.39 Å². The molecule has 3 N–H and O–H groups in total. The lowest BCUT2D eigenvalue weighted by atomic mass is 10.0. The highest BCUT2D eigenvalue weighted by molar-refractivity contribution is 7.16. The van der Waals surface area contributed by atoms with Gasteiger partial charge in [-0.1, -0.05) is 0 Å². The van der Waals surface area contributed by atoms with Crippen LogP contribution in [-0.4, -0.2) is 40.2 Å². The summed E-state index contributed by atoms with van der Waals surface area (Å²) in [5.74, 6) is 1.43. The average Bonchev–Trinajstić information content (AvgIpc) is 3.14. The SMILES string of the molecule is O=C1CCc2cc(OCC(O)CNc3ncnc4sccc34)ccc2N1. The number of rotatable bonds is 6. The minimum atomic E-state index is -0.686. The van der Waals surface area contributed by atoms with Crippen LogP contribution in [-0.2, 0) is 11.2 Å². The van der Waals surface area contributed by atoms with Gasteiger partial charge in [-0.05, 0) is 41.6 Å². The van der Waals surface area contributed by atoms with Crippen molar-refractivity contribution in [2.75, 3.05) is 23.8 Å². The van der Waals surface area contributed by atoms with E-state index in [4.69, 9.17) is 4.74 Å². The Hall–Kier alpha value is -2.71. The van der Waals surface area contributed by atoms with Crippen LogP contribution in [0.25, 0.3) is 10.2 Å². The number of carbonyl (C=O) groups is 1. The molecule has 3 aromatic rings. The van der Waals surface area contributed by atoms with Crippen molar-refractivity contribution in [1.82, 2.24) is 9.97 Å². The smallest absolute Gasteiger partial charge is 0.224 e. The zero-order chi connectivity index (χ0) is 17.9. The number of amides is 1. The lowest BCUT2D eigenvalue weighted by Crippen LogP contribution is -2.26. The van der Waals surface area contributed by atoms with Gasteiger partial charge in [-0.3, -0.25) is 4.79 Å². The van der Waals surface area contributed by atoms with Crippen LogP contribution in [0.2, 0.25) is 0 Å². The Labute approximate surface area is 154 Å². The molecule has 134 valence electrons. The lowest BCUT2D eigenvalue weighted by molar-refractivity contribution is -0.116. The Morgan fingerprint density at radius 2 is 2.23 bits per heavy atom. The maximum Gasteiger partial charge on any atom is 0.224 e. The Bertz CT molecular complexity index is 943. The highest BCUT2D eigenvalue weighted by Gasteiger charge is 2.15. The molecule has 8 heteroatoms. The Morgan fingerprint density at radius 3 is 3.15 bits per heavy atom. The van der Waals surface area contributed by atoms with Gasteiger partial charge in [-0.2, -0.15) is 0 Å². The van der Waals surface area contributed by atoms with Gasteiger partial charge in [-0.15, -0.1) is 11.3 Å². The van der Waals surface area contributed by atoms with Crippen molar-refractivity contribution >= 4 is 39.0 Å². The van der Waals surface area contributed by atoms with E-state index in [-0.39, 0.29) is 12.5 Å². The molecule has 1 amide bonds. The maximum atomic E-state index is 11.4. The fourth-order valence-electron chi connectivity index (χ4n) is 2.85. The number of nitrogens with one attached hydrogen (secondary N) is 2. The molecule has 1 atom stereocenters. The van der Waals surface area contributed by atoms with E-state index in [1.54, 1.807) is 17.4 Å². The summed E-state index contributed by atoms with van der Waals surface area (Å²) in [5.41, 5.74) is 1.88. The van der Waals surface area contributed by atoms with E-state index in [9.17, 15) is 9.90 Å². The van der Waals surface area contributed by atoms with E-state index in [0.29, 0.717) is 31.0 Å². The second kappa shape index (κ2) is 7.27. The molecule has 3 heterocycles. The van der Waals surface area contributed by atoms with Crippen molar-refractivity contribution in [2.24, 2.45) is 0 Å². The number of thiophene rings is 1. The number of anilines is 2. The van der Waals surface area contributed by atoms with Gasteiger partial charge in [-0.25, -0.2) is 9.97 Å². The first-order valence-corrected chi connectivity index (χ1v) is 9.23. The molecule has 0 fully saturated rings. The van der Waals surface area contributed by atoms with E-state index < -0.39 is 6.10 Å². The average molecular weight is 370 g/mol. The third-order valence-electron chi connectivity index (χ3n) is 4.18. The molecular formula is C18H18N4O3S. The number of aromatic nitrogens is 2. The maximum absolute atomic E-state index is 11.4. The van der Waals surface area contributed by atoms with Gasteiger partial charge < -0.3 is 20.5 Å². The van der Waals surface area contributed by atoms with Crippen molar-refractivity contribution < 1.29 is 14.6 Å². The van der Waals surface area contributed by atoms with E-state index in [1.165, 1.54) is 6.33 Å². The first-order valence-electron chi connectivity index (χ1n) is 8.35. The lowest BCUT2D eigenvalue weighted by Gasteiger charge is -2.18. The van der Waals surface area contributed by atoms with E-state index in [1.807, 2.05) is 23.6 Å². The minimum Gasteiger partial charge on any atom is -0.491 e. The van der Waals surface area contributed by atoms with Gasteiger partial charge >= 0.3 is 0 Å². The van der Waals surface area contributed by atoms with Gasteiger partial charge in [0.25, 0.3) is 0 Å². The van der Waals surface area contributed by atoms with Crippen molar-refractivity contribution in [2.45, 2.75) is 18.9 Å². The van der Waals surface area contributed by atoms with Crippen LogP contribution in [0.3, 0.4) is 0 Å². The van der Waals surface area contributed by atoms with Crippen LogP contribution in [0.15, 0.2) is 36.0 Å². The zero-order valence-corrected chi connectivity index (χ0v) is 14.8. The Kier molecular flexibility index (Phi) is 4.68. The third kappa shape index (κ3) is 3.61. The van der Waals surface area contributed by atoms with Gasteiger partial charge in [0.15, 0.2) is 0 Å². The van der Waals surface area contributed by atoms with Crippen LogP contribution >= 0.6 is 11.3 Å².